The number of amides is 1. The molecule has 0 radical (unpaired) electrons. The Labute approximate surface area is 114 Å². The fourth-order valence-corrected chi connectivity index (χ4v) is 3.81. The zero-order chi connectivity index (χ0) is 12.5. The molecule has 0 saturated heterocycles. The maximum Gasteiger partial charge on any atom is 0.239 e. The van der Waals surface area contributed by atoms with Crippen molar-refractivity contribution in [3.8, 4) is 0 Å². The summed E-state index contributed by atoms with van der Waals surface area (Å²) in [4.78, 5) is 17.6. The monoisotopic (exact) mass is 276 g/mol. The van der Waals surface area contributed by atoms with E-state index in [1.165, 1.54) is 21.8 Å². The molecule has 0 aliphatic carbocycles. The molecule has 1 atom stereocenters. The second-order valence-electron chi connectivity index (χ2n) is 4.20. The van der Waals surface area contributed by atoms with E-state index in [9.17, 15) is 4.79 Å². The van der Waals surface area contributed by atoms with E-state index in [1.54, 1.807) is 11.8 Å². The average Bonchev–Trinajstić information content (AvgIpc) is 2.95. The van der Waals surface area contributed by atoms with Crippen LogP contribution in [0.4, 0.5) is 5.13 Å². The van der Waals surface area contributed by atoms with Crippen LogP contribution in [0.25, 0.3) is 0 Å². The summed E-state index contributed by atoms with van der Waals surface area (Å²) in [5.41, 5.74) is 2.20. The number of anilines is 1. The van der Waals surface area contributed by atoms with Gasteiger partial charge in [-0.15, -0.1) is 23.1 Å². The van der Waals surface area contributed by atoms with Gasteiger partial charge in [-0.2, -0.15) is 0 Å². The molecule has 1 aromatic carbocycles. The van der Waals surface area contributed by atoms with Crippen molar-refractivity contribution < 1.29 is 4.79 Å². The Kier molecular flexibility index (Phi) is 3.09. The number of aromatic nitrogens is 1. The fraction of sp³-hybridized carbons (Fsp3) is 0.231. The van der Waals surface area contributed by atoms with Crippen molar-refractivity contribution in [2.75, 3.05) is 5.32 Å². The third-order valence-corrected chi connectivity index (χ3v) is 4.98. The quantitative estimate of drug-likeness (QED) is 0.916. The molecule has 0 fully saturated rings. The number of thiazole rings is 1. The molecule has 0 saturated carbocycles. The second-order valence-corrected chi connectivity index (χ2v) is 6.30. The largest absolute Gasteiger partial charge is 0.301 e. The van der Waals surface area contributed by atoms with Crippen molar-refractivity contribution >= 4 is 34.1 Å². The molecule has 92 valence electrons. The van der Waals surface area contributed by atoms with E-state index in [2.05, 4.69) is 22.4 Å². The Morgan fingerprint density at radius 3 is 3.00 bits per heavy atom. The van der Waals surface area contributed by atoms with Crippen LogP contribution in [0.15, 0.2) is 34.5 Å². The molecule has 0 spiro atoms. The summed E-state index contributed by atoms with van der Waals surface area (Å²) in [7, 11) is 0. The smallest absolute Gasteiger partial charge is 0.239 e. The molecule has 18 heavy (non-hydrogen) atoms. The van der Waals surface area contributed by atoms with Gasteiger partial charge in [-0.1, -0.05) is 18.2 Å². The van der Waals surface area contributed by atoms with E-state index in [1.807, 2.05) is 24.4 Å². The number of benzene rings is 1. The van der Waals surface area contributed by atoms with E-state index >= 15 is 0 Å². The maximum absolute atomic E-state index is 12.1. The van der Waals surface area contributed by atoms with Crippen LogP contribution in [0.1, 0.15) is 11.3 Å². The molecule has 2 heterocycles. The van der Waals surface area contributed by atoms with Crippen molar-refractivity contribution in [1.29, 1.82) is 0 Å². The lowest BCUT2D eigenvalue weighted by atomic mass is 10.1. The molecule has 5 heteroatoms. The van der Waals surface area contributed by atoms with E-state index in [-0.39, 0.29) is 11.2 Å². The zero-order valence-corrected chi connectivity index (χ0v) is 11.5. The molecular weight excluding hydrogens is 264 g/mol. The molecule has 1 amide bonds. The zero-order valence-electron chi connectivity index (χ0n) is 9.84. The van der Waals surface area contributed by atoms with Gasteiger partial charge in [0.25, 0.3) is 0 Å². The van der Waals surface area contributed by atoms with Crippen LogP contribution in [-0.2, 0) is 11.2 Å². The predicted molar refractivity (Wildman–Crippen MR) is 75.3 cm³/mol. The predicted octanol–water partition coefficient (Wildman–Crippen LogP) is 3.11. The number of hydrogen-bond donors (Lipinski definition) is 1. The first-order chi connectivity index (χ1) is 8.72. The first kappa shape index (κ1) is 11.7. The van der Waals surface area contributed by atoms with Crippen LogP contribution in [0, 0.1) is 6.92 Å². The molecule has 1 aromatic heterocycles. The van der Waals surface area contributed by atoms with E-state index < -0.39 is 0 Å². The number of aryl methyl sites for hydroxylation is 1. The van der Waals surface area contributed by atoms with Gasteiger partial charge in [0.1, 0.15) is 0 Å². The molecule has 0 bridgehead atoms. The van der Waals surface area contributed by atoms with Crippen molar-refractivity contribution in [3.05, 3.63) is 40.9 Å². The Morgan fingerprint density at radius 2 is 2.28 bits per heavy atom. The Morgan fingerprint density at radius 1 is 1.44 bits per heavy atom. The van der Waals surface area contributed by atoms with Gasteiger partial charge in [-0.25, -0.2) is 4.98 Å². The molecule has 0 unspecified atom stereocenters. The number of rotatable bonds is 2. The highest BCUT2D eigenvalue weighted by Crippen LogP contribution is 2.37. The number of carbonyl (C=O) groups is 1. The van der Waals surface area contributed by atoms with Crippen LogP contribution in [0.3, 0.4) is 0 Å². The molecule has 1 aliphatic rings. The minimum Gasteiger partial charge on any atom is -0.301 e. The normalized spacial score (nSPS) is 17.5. The van der Waals surface area contributed by atoms with Crippen LogP contribution in [0.5, 0.6) is 0 Å². The lowest BCUT2D eigenvalue weighted by Gasteiger charge is -2.07. The summed E-state index contributed by atoms with van der Waals surface area (Å²) in [5.74, 6) is 0.0468. The van der Waals surface area contributed by atoms with E-state index in [0.29, 0.717) is 5.13 Å². The van der Waals surface area contributed by atoms with Gasteiger partial charge in [0.15, 0.2) is 5.13 Å². The Balaban J connectivity index is 1.69. The molecule has 1 aliphatic heterocycles. The minimum atomic E-state index is -0.0355. The number of fused-ring (bicyclic) bond motifs is 1. The van der Waals surface area contributed by atoms with Crippen LogP contribution in [0.2, 0.25) is 0 Å². The highest BCUT2D eigenvalue weighted by Gasteiger charge is 2.28. The number of hydrogen-bond acceptors (Lipinski definition) is 4. The van der Waals surface area contributed by atoms with Crippen LogP contribution in [-0.4, -0.2) is 16.1 Å². The number of nitrogens with one attached hydrogen (secondary N) is 1. The van der Waals surface area contributed by atoms with Gasteiger partial charge < -0.3 is 5.32 Å². The van der Waals surface area contributed by atoms with Crippen molar-refractivity contribution in [2.24, 2.45) is 0 Å². The number of nitrogens with zero attached hydrogens (tertiary/aromatic N) is 1. The van der Waals surface area contributed by atoms with Gasteiger partial charge in [0, 0.05) is 10.3 Å². The SMILES string of the molecule is Cc1csc(NC(=O)[C@@H]2Cc3ccccc3S2)n1. The van der Waals surface area contributed by atoms with E-state index in [4.69, 9.17) is 0 Å². The summed E-state index contributed by atoms with van der Waals surface area (Å²) in [6.45, 7) is 1.92. The maximum atomic E-state index is 12.1. The summed E-state index contributed by atoms with van der Waals surface area (Å²) in [5, 5.41) is 5.48. The third-order valence-electron chi connectivity index (χ3n) is 2.79. The summed E-state index contributed by atoms with van der Waals surface area (Å²) < 4.78 is 0. The molecular formula is C13H12N2OS2. The highest BCUT2D eigenvalue weighted by atomic mass is 32.2. The molecule has 2 aromatic rings. The summed E-state index contributed by atoms with van der Waals surface area (Å²) in [6, 6.07) is 8.18. The number of thioether (sulfide) groups is 1. The van der Waals surface area contributed by atoms with Crippen molar-refractivity contribution in [3.63, 3.8) is 0 Å². The van der Waals surface area contributed by atoms with Gasteiger partial charge in [-0.3, -0.25) is 4.79 Å². The summed E-state index contributed by atoms with van der Waals surface area (Å²) >= 11 is 3.10. The molecule has 1 N–H and O–H groups in total. The van der Waals surface area contributed by atoms with Gasteiger partial charge >= 0.3 is 0 Å². The first-order valence-electron chi connectivity index (χ1n) is 5.70. The fourth-order valence-electron chi connectivity index (χ4n) is 1.93. The highest BCUT2D eigenvalue weighted by molar-refractivity contribution is 8.01. The van der Waals surface area contributed by atoms with Gasteiger partial charge in [0.2, 0.25) is 5.91 Å². The van der Waals surface area contributed by atoms with Crippen LogP contribution >= 0.6 is 23.1 Å². The average molecular weight is 276 g/mol. The lowest BCUT2D eigenvalue weighted by molar-refractivity contribution is -0.115. The van der Waals surface area contributed by atoms with Gasteiger partial charge in [-0.05, 0) is 25.0 Å². The molecule has 3 rings (SSSR count). The Hall–Kier alpha value is -1.33. The molecule has 3 nitrogen and oxygen atoms in total. The van der Waals surface area contributed by atoms with Crippen LogP contribution < -0.4 is 5.32 Å². The Bertz CT molecular complexity index is 569. The van der Waals surface area contributed by atoms with E-state index in [0.717, 1.165) is 12.1 Å². The lowest BCUT2D eigenvalue weighted by Crippen LogP contribution is -2.24. The number of carbonyl (C=O) groups excluding carboxylic acids is 1. The minimum absolute atomic E-state index is 0.0355. The first-order valence-corrected chi connectivity index (χ1v) is 7.46. The standard InChI is InChI=1S/C13H12N2OS2/c1-8-7-17-13(14-8)15-12(16)11-6-9-4-2-3-5-10(9)18-11/h2-5,7,11H,6H2,1H3,(H,14,15,16)/t11-/m0/s1. The topological polar surface area (TPSA) is 42.0 Å². The van der Waals surface area contributed by atoms with Crippen molar-refractivity contribution in [2.45, 2.75) is 23.5 Å². The van der Waals surface area contributed by atoms with Crippen molar-refractivity contribution in [1.82, 2.24) is 4.98 Å². The van der Waals surface area contributed by atoms with Gasteiger partial charge in [0.05, 0.1) is 10.9 Å². The second kappa shape index (κ2) is 4.74. The summed E-state index contributed by atoms with van der Waals surface area (Å²) in [6.07, 6.45) is 0.803. The third kappa shape index (κ3) is 2.28.